The number of ether oxygens (including phenoxy) is 1. The van der Waals surface area contributed by atoms with Crippen molar-refractivity contribution in [2.24, 2.45) is 5.41 Å². The van der Waals surface area contributed by atoms with E-state index in [2.05, 4.69) is 35.6 Å². The summed E-state index contributed by atoms with van der Waals surface area (Å²) in [5, 5.41) is 3.34. The van der Waals surface area contributed by atoms with E-state index in [-0.39, 0.29) is 5.41 Å². The molecule has 3 rings (SSSR count). The van der Waals surface area contributed by atoms with Gasteiger partial charge in [-0.2, -0.15) is 0 Å². The fraction of sp³-hybridized carbons (Fsp3) is 0.786. The number of hydrogen-bond acceptors (Lipinski definition) is 3. The SMILES string of the molecule is CCOC1CC(n2cncc2C2CNC2)C1(C)C. The minimum absolute atomic E-state index is 0.211. The lowest BCUT2D eigenvalue weighted by molar-refractivity contribution is -0.128. The number of rotatable bonds is 4. The molecular weight excluding hydrogens is 226 g/mol. The van der Waals surface area contributed by atoms with Crippen LogP contribution in [0.4, 0.5) is 0 Å². The number of nitrogens with one attached hydrogen (secondary N) is 1. The molecule has 100 valence electrons. The Bertz CT molecular complexity index is 422. The summed E-state index contributed by atoms with van der Waals surface area (Å²) in [5.41, 5.74) is 1.60. The predicted octanol–water partition coefficient (Wildman–Crippen LogP) is 1.95. The van der Waals surface area contributed by atoms with Gasteiger partial charge >= 0.3 is 0 Å². The van der Waals surface area contributed by atoms with E-state index in [4.69, 9.17) is 4.74 Å². The van der Waals surface area contributed by atoms with Gasteiger partial charge in [0, 0.05) is 49.0 Å². The van der Waals surface area contributed by atoms with E-state index in [1.165, 1.54) is 5.69 Å². The van der Waals surface area contributed by atoms with Gasteiger partial charge in [0.15, 0.2) is 0 Å². The smallest absolute Gasteiger partial charge is 0.0951 e. The number of aromatic nitrogens is 2. The first-order chi connectivity index (χ1) is 8.64. The first-order valence-electron chi connectivity index (χ1n) is 6.98. The zero-order valence-corrected chi connectivity index (χ0v) is 11.5. The third kappa shape index (κ3) is 1.70. The van der Waals surface area contributed by atoms with E-state index >= 15 is 0 Å². The highest BCUT2D eigenvalue weighted by Crippen LogP contribution is 2.52. The summed E-state index contributed by atoms with van der Waals surface area (Å²) in [4.78, 5) is 4.36. The highest BCUT2D eigenvalue weighted by Gasteiger charge is 2.50. The Kier molecular flexibility index (Phi) is 2.94. The summed E-state index contributed by atoms with van der Waals surface area (Å²) in [6.07, 6.45) is 5.55. The minimum atomic E-state index is 0.211. The fourth-order valence-electron chi connectivity index (χ4n) is 3.21. The summed E-state index contributed by atoms with van der Waals surface area (Å²) in [6.45, 7) is 9.69. The van der Waals surface area contributed by atoms with Gasteiger partial charge in [-0.3, -0.25) is 0 Å². The van der Waals surface area contributed by atoms with E-state index in [0.717, 1.165) is 26.1 Å². The Balaban J connectivity index is 1.78. The molecule has 2 heterocycles. The van der Waals surface area contributed by atoms with Crippen LogP contribution in [0.1, 0.15) is 44.8 Å². The molecule has 2 atom stereocenters. The van der Waals surface area contributed by atoms with Crippen molar-refractivity contribution in [1.29, 1.82) is 0 Å². The van der Waals surface area contributed by atoms with Gasteiger partial charge in [0.05, 0.1) is 12.4 Å². The first-order valence-corrected chi connectivity index (χ1v) is 6.98. The van der Waals surface area contributed by atoms with Gasteiger partial charge in [-0.25, -0.2) is 4.98 Å². The van der Waals surface area contributed by atoms with Gasteiger partial charge < -0.3 is 14.6 Å². The quantitative estimate of drug-likeness (QED) is 0.886. The van der Waals surface area contributed by atoms with Crippen molar-refractivity contribution in [1.82, 2.24) is 14.9 Å². The van der Waals surface area contributed by atoms with Crippen LogP contribution in [0.2, 0.25) is 0 Å². The van der Waals surface area contributed by atoms with E-state index < -0.39 is 0 Å². The molecule has 1 saturated heterocycles. The molecule has 0 aromatic carbocycles. The zero-order chi connectivity index (χ0) is 12.8. The van der Waals surface area contributed by atoms with Crippen molar-refractivity contribution in [3.05, 3.63) is 18.2 Å². The molecule has 1 saturated carbocycles. The van der Waals surface area contributed by atoms with Gasteiger partial charge in [-0.1, -0.05) is 13.8 Å². The van der Waals surface area contributed by atoms with Crippen LogP contribution in [0.3, 0.4) is 0 Å². The Labute approximate surface area is 109 Å². The van der Waals surface area contributed by atoms with Crippen molar-refractivity contribution in [2.45, 2.75) is 45.3 Å². The maximum Gasteiger partial charge on any atom is 0.0951 e. The molecule has 0 bridgehead atoms. The summed E-state index contributed by atoms with van der Waals surface area (Å²) >= 11 is 0. The van der Waals surface area contributed by atoms with E-state index in [1.54, 1.807) is 0 Å². The molecule has 4 nitrogen and oxygen atoms in total. The van der Waals surface area contributed by atoms with Crippen LogP contribution >= 0.6 is 0 Å². The van der Waals surface area contributed by atoms with Crippen LogP contribution in [0.15, 0.2) is 12.5 Å². The molecule has 0 spiro atoms. The third-order valence-electron chi connectivity index (χ3n) is 4.73. The van der Waals surface area contributed by atoms with Crippen molar-refractivity contribution in [2.75, 3.05) is 19.7 Å². The standard InChI is InChI=1S/C14H23N3O/c1-4-18-13-5-12(14(13,2)3)17-9-16-8-11(17)10-6-15-7-10/h8-10,12-13,15H,4-7H2,1-3H3. The maximum absolute atomic E-state index is 5.82. The average molecular weight is 249 g/mol. The third-order valence-corrected chi connectivity index (χ3v) is 4.73. The molecular formula is C14H23N3O. The Morgan fingerprint density at radius 1 is 1.50 bits per heavy atom. The lowest BCUT2D eigenvalue weighted by Gasteiger charge is -2.52. The number of nitrogens with zero attached hydrogens (tertiary/aromatic N) is 2. The molecule has 1 aliphatic heterocycles. The molecule has 1 aromatic heterocycles. The first kappa shape index (κ1) is 12.2. The summed E-state index contributed by atoms with van der Waals surface area (Å²) in [7, 11) is 0. The Morgan fingerprint density at radius 3 is 2.83 bits per heavy atom. The van der Waals surface area contributed by atoms with E-state index in [0.29, 0.717) is 18.1 Å². The molecule has 2 aliphatic rings. The van der Waals surface area contributed by atoms with Crippen LogP contribution in [0.5, 0.6) is 0 Å². The van der Waals surface area contributed by atoms with Crippen molar-refractivity contribution in [3.8, 4) is 0 Å². The predicted molar refractivity (Wildman–Crippen MR) is 70.7 cm³/mol. The van der Waals surface area contributed by atoms with E-state index in [1.807, 2.05) is 12.5 Å². The van der Waals surface area contributed by atoms with Crippen molar-refractivity contribution in [3.63, 3.8) is 0 Å². The number of hydrogen-bond donors (Lipinski definition) is 1. The highest BCUT2D eigenvalue weighted by atomic mass is 16.5. The maximum atomic E-state index is 5.82. The van der Waals surface area contributed by atoms with E-state index in [9.17, 15) is 0 Å². The summed E-state index contributed by atoms with van der Waals surface area (Å²) < 4.78 is 8.21. The van der Waals surface area contributed by atoms with Crippen LogP contribution in [0.25, 0.3) is 0 Å². The second-order valence-electron chi connectivity index (χ2n) is 6.10. The van der Waals surface area contributed by atoms with Crippen molar-refractivity contribution < 1.29 is 4.74 Å². The Hall–Kier alpha value is -0.870. The molecule has 2 fully saturated rings. The van der Waals surface area contributed by atoms with Crippen LogP contribution in [-0.4, -0.2) is 35.4 Å². The summed E-state index contributed by atoms with van der Waals surface area (Å²) in [5.74, 6) is 0.648. The normalized spacial score (nSPS) is 30.8. The lowest BCUT2D eigenvalue weighted by Crippen LogP contribution is -2.52. The molecule has 0 radical (unpaired) electrons. The van der Waals surface area contributed by atoms with Crippen LogP contribution in [0, 0.1) is 5.41 Å². The highest BCUT2D eigenvalue weighted by molar-refractivity contribution is 5.16. The average Bonchev–Trinajstić information content (AvgIpc) is 2.70. The molecule has 1 aliphatic carbocycles. The van der Waals surface area contributed by atoms with Gasteiger partial charge in [0.2, 0.25) is 0 Å². The number of imidazole rings is 1. The molecule has 18 heavy (non-hydrogen) atoms. The second-order valence-corrected chi connectivity index (χ2v) is 6.10. The molecule has 1 N–H and O–H groups in total. The largest absolute Gasteiger partial charge is 0.378 e. The Morgan fingerprint density at radius 2 is 2.28 bits per heavy atom. The van der Waals surface area contributed by atoms with Gasteiger partial charge in [-0.05, 0) is 13.3 Å². The second kappa shape index (κ2) is 4.35. The zero-order valence-electron chi connectivity index (χ0n) is 11.5. The van der Waals surface area contributed by atoms with Gasteiger partial charge in [-0.15, -0.1) is 0 Å². The molecule has 2 unspecified atom stereocenters. The molecule has 1 aromatic rings. The monoisotopic (exact) mass is 249 g/mol. The molecule has 4 heteroatoms. The topological polar surface area (TPSA) is 39.1 Å². The van der Waals surface area contributed by atoms with Crippen molar-refractivity contribution >= 4 is 0 Å². The lowest BCUT2D eigenvalue weighted by atomic mass is 9.64. The fourth-order valence-corrected chi connectivity index (χ4v) is 3.21. The molecule has 0 amide bonds. The van der Waals surface area contributed by atoms with Gasteiger partial charge in [0.25, 0.3) is 0 Å². The van der Waals surface area contributed by atoms with Crippen LogP contribution in [-0.2, 0) is 4.74 Å². The minimum Gasteiger partial charge on any atom is -0.378 e. The van der Waals surface area contributed by atoms with Gasteiger partial charge in [0.1, 0.15) is 0 Å². The summed E-state index contributed by atoms with van der Waals surface area (Å²) in [6, 6.07) is 0.534. The van der Waals surface area contributed by atoms with Crippen LogP contribution < -0.4 is 5.32 Å².